The smallest absolute Gasteiger partial charge is 0.251 e. The highest BCUT2D eigenvalue weighted by atomic mass is 35.5. The van der Waals surface area contributed by atoms with Gasteiger partial charge in [0.15, 0.2) is 8.32 Å². The van der Waals surface area contributed by atoms with E-state index in [1.54, 1.807) is 6.07 Å². The van der Waals surface area contributed by atoms with E-state index in [1.807, 2.05) is 42.5 Å². The minimum atomic E-state index is -1.82. The number of rotatable bonds is 8. The van der Waals surface area contributed by atoms with Crippen LogP contribution in [0.3, 0.4) is 0 Å². The molecule has 2 aromatic carbocycles. The molecule has 1 N–H and O–H groups in total. The third-order valence-corrected chi connectivity index (χ3v) is 11.0. The van der Waals surface area contributed by atoms with E-state index in [1.165, 1.54) is 0 Å². The van der Waals surface area contributed by atoms with Crippen molar-refractivity contribution < 1.29 is 9.22 Å². The first kappa shape index (κ1) is 23.9. The monoisotopic (exact) mass is 451 g/mol. The first-order chi connectivity index (χ1) is 13.5. The molecule has 0 fully saturated rings. The highest BCUT2D eigenvalue weighted by molar-refractivity contribution is 6.74. The van der Waals surface area contributed by atoms with Gasteiger partial charge in [0.2, 0.25) is 0 Å². The zero-order valence-electron chi connectivity index (χ0n) is 17.9. The Morgan fingerprint density at radius 2 is 1.72 bits per heavy atom. The van der Waals surface area contributed by atoms with Gasteiger partial charge in [0.05, 0.1) is 10.0 Å². The summed E-state index contributed by atoms with van der Waals surface area (Å²) in [5.74, 6) is 0.00294. The summed E-state index contributed by atoms with van der Waals surface area (Å²) >= 11 is 12.3. The van der Waals surface area contributed by atoms with Crippen LogP contribution in [0.2, 0.25) is 28.2 Å². The summed E-state index contributed by atoms with van der Waals surface area (Å²) in [7, 11) is -1.82. The predicted octanol–water partition coefficient (Wildman–Crippen LogP) is 6.92. The molecular weight excluding hydrogens is 421 g/mol. The largest absolute Gasteiger partial charge is 0.417 e. The fourth-order valence-electron chi connectivity index (χ4n) is 2.73. The average molecular weight is 452 g/mol. The lowest BCUT2D eigenvalue weighted by Crippen LogP contribution is -2.41. The minimum absolute atomic E-state index is 0.0824. The topological polar surface area (TPSA) is 38.3 Å². The molecule has 3 nitrogen and oxygen atoms in total. The van der Waals surface area contributed by atoms with Crippen molar-refractivity contribution in [1.82, 2.24) is 5.32 Å². The summed E-state index contributed by atoms with van der Waals surface area (Å²) in [6.45, 7) is 12.3. The van der Waals surface area contributed by atoms with E-state index in [0.29, 0.717) is 28.8 Å². The van der Waals surface area contributed by atoms with Crippen LogP contribution in [-0.4, -0.2) is 27.4 Å². The molecule has 0 aliphatic carbocycles. The predicted molar refractivity (Wildman–Crippen MR) is 126 cm³/mol. The molecule has 0 heterocycles. The normalized spacial score (nSPS) is 13.2. The number of carbonyl (C=O) groups excluding carboxylic acids is 1. The Labute approximate surface area is 185 Å². The van der Waals surface area contributed by atoms with E-state index in [0.717, 1.165) is 12.0 Å². The molecule has 1 atom stereocenters. The third-order valence-electron chi connectivity index (χ3n) is 5.70. The van der Waals surface area contributed by atoms with Crippen LogP contribution in [0.15, 0.2) is 48.5 Å². The molecule has 0 radical (unpaired) electrons. The number of benzene rings is 2. The summed E-state index contributed by atoms with van der Waals surface area (Å²) in [6.07, 6.45) is 0.791. The second kappa shape index (κ2) is 10.1. The van der Waals surface area contributed by atoms with Crippen LogP contribution in [0.4, 0.5) is 0 Å². The van der Waals surface area contributed by atoms with Gasteiger partial charge in [0.1, 0.15) is 0 Å². The molecule has 2 rings (SSSR count). The van der Waals surface area contributed by atoms with Crippen molar-refractivity contribution in [2.24, 2.45) is 0 Å². The van der Waals surface area contributed by atoms with Gasteiger partial charge >= 0.3 is 0 Å². The van der Waals surface area contributed by atoms with Gasteiger partial charge in [-0.15, -0.1) is 0 Å². The second-order valence-corrected chi connectivity index (χ2v) is 14.5. The maximum atomic E-state index is 12.5. The molecule has 0 saturated heterocycles. The summed E-state index contributed by atoms with van der Waals surface area (Å²) < 4.78 is 6.36. The molecule has 29 heavy (non-hydrogen) atoms. The van der Waals surface area contributed by atoms with Crippen LogP contribution in [0.1, 0.15) is 49.0 Å². The van der Waals surface area contributed by atoms with Crippen molar-refractivity contribution >= 4 is 37.4 Å². The van der Waals surface area contributed by atoms with Crippen molar-refractivity contribution in [2.75, 3.05) is 13.2 Å². The summed E-state index contributed by atoms with van der Waals surface area (Å²) in [5.41, 5.74) is 1.70. The first-order valence-corrected chi connectivity index (χ1v) is 13.6. The molecular formula is C23H31Cl2NO2Si. The van der Waals surface area contributed by atoms with Gasteiger partial charge in [0, 0.05) is 24.6 Å². The van der Waals surface area contributed by atoms with Crippen LogP contribution < -0.4 is 5.32 Å². The van der Waals surface area contributed by atoms with Crippen molar-refractivity contribution in [1.29, 1.82) is 0 Å². The number of nitrogens with one attached hydrogen (secondary N) is 1. The van der Waals surface area contributed by atoms with Gasteiger partial charge in [-0.05, 0) is 54.4 Å². The number of amides is 1. The van der Waals surface area contributed by atoms with Crippen LogP contribution in [0.5, 0.6) is 0 Å². The van der Waals surface area contributed by atoms with Gasteiger partial charge in [-0.3, -0.25) is 4.79 Å². The summed E-state index contributed by atoms with van der Waals surface area (Å²) in [5, 5.41) is 4.26. The van der Waals surface area contributed by atoms with E-state index in [2.05, 4.69) is 39.2 Å². The molecule has 0 spiro atoms. The van der Waals surface area contributed by atoms with Gasteiger partial charge in [-0.2, -0.15) is 0 Å². The molecule has 158 valence electrons. The van der Waals surface area contributed by atoms with E-state index in [4.69, 9.17) is 27.6 Å². The molecule has 6 heteroatoms. The Kier molecular flexibility index (Phi) is 8.35. The lowest BCUT2D eigenvalue weighted by Gasteiger charge is -2.36. The van der Waals surface area contributed by atoms with Crippen LogP contribution in [-0.2, 0) is 4.43 Å². The summed E-state index contributed by atoms with van der Waals surface area (Å²) in [6, 6.07) is 14.9. The fraction of sp³-hybridized carbons (Fsp3) is 0.435. The molecule has 1 amide bonds. The van der Waals surface area contributed by atoms with Crippen LogP contribution in [0.25, 0.3) is 0 Å². The van der Waals surface area contributed by atoms with E-state index in [9.17, 15) is 4.79 Å². The number of hydrogen-bond acceptors (Lipinski definition) is 2. The highest BCUT2D eigenvalue weighted by Gasteiger charge is 2.37. The Morgan fingerprint density at radius 3 is 2.31 bits per heavy atom. The minimum Gasteiger partial charge on any atom is -0.417 e. The standard InChI is InChI=1S/C23H31Cl2NO2Si/c1-23(2,3)29(4,5)28-14-13-19(18-11-12-20(24)21(25)15-18)16-26-22(27)17-9-7-6-8-10-17/h6-12,15,19H,13-14,16H2,1-5H3,(H,26,27). The van der Waals surface area contributed by atoms with E-state index in [-0.39, 0.29) is 16.9 Å². The van der Waals surface area contributed by atoms with Gasteiger partial charge in [-0.1, -0.05) is 68.2 Å². The lowest BCUT2D eigenvalue weighted by molar-refractivity contribution is 0.0949. The van der Waals surface area contributed by atoms with Crippen LogP contribution >= 0.6 is 23.2 Å². The SMILES string of the molecule is CC(C)(C)[Si](C)(C)OCCC(CNC(=O)c1ccccc1)c1ccc(Cl)c(Cl)c1. The molecule has 0 saturated carbocycles. The van der Waals surface area contributed by atoms with Gasteiger partial charge in [-0.25, -0.2) is 0 Å². The van der Waals surface area contributed by atoms with Crippen LogP contribution in [0, 0.1) is 0 Å². The molecule has 2 aromatic rings. The number of carbonyl (C=O) groups is 1. The van der Waals surface area contributed by atoms with Gasteiger partial charge in [0.25, 0.3) is 5.91 Å². The van der Waals surface area contributed by atoms with Crippen molar-refractivity contribution in [3.05, 3.63) is 69.7 Å². The fourth-order valence-corrected chi connectivity index (χ4v) is 4.10. The lowest BCUT2D eigenvalue weighted by atomic mass is 9.96. The van der Waals surface area contributed by atoms with Gasteiger partial charge < -0.3 is 9.74 Å². The van der Waals surface area contributed by atoms with Crippen molar-refractivity contribution in [2.45, 2.75) is 51.2 Å². The average Bonchev–Trinajstić information content (AvgIpc) is 2.66. The van der Waals surface area contributed by atoms with Crippen molar-refractivity contribution in [3.8, 4) is 0 Å². The summed E-state index contributed by atoms with van der Waals surface area (Å²) in [4.78, 5) is 12.5. The molecule has 1 unspecified atom stereocenters. The quantitative estimate of drug-likeness (QED) is 0.442. The maximum absolute atomic E-state index is 12.5. The molecule has 0 aromatic heterocycles. The van der Waals surface area contributed by atoms with Crippen molar-refractivity contribution in [3.63, 3.8) is 0 Å². The Bertz CT molecular complexity index is 819. The Balaban J connectivity index is 2.09. The molecule has 0 aliphatic rings. The molecule has 0 aliphatic heterocycles. The zero-order valence-corrected chi connectivity index (χ0v) is 20.4. The second-order valence-electron chi connectivity index (χ2n) is 8.84. The zero-order chi connectivity index (χ0) is 21.7. The first-order valence-electron chi connectivity index (χ1n) is 9.93. The number of halogens is 2. The van der Waals surface area contributed by atoms with E-state index >= 15 is 0 Å². The highest BCUT2D eigenvalue weighted by Crippen LogP contribution is 2.37. The maximum Gasteiger partial charge on any atom is 0.251 e. The Morgan fingerprint density at radius 1 is 1.07 bits per heavy atom. The van der Waals surface area contributed by atoms with E-state index < -0.39 is 8.32 Å². The molecule has 0 bridgehead atoms. The number of hydrogen-bond donors (Lipinski definition) is 1. The Hall–Kier alpha value is -1.33. The third kappa shape index (κ3) is 6.85.